The summed E-state index contributed by atoms with van der Waals surface area (Å²) < 4.78 is 54.2. The first-order chi connectivity index (χ1) is 19.6. The lowest BCUT2D eigenvalue weighted by Crippen LogP contribution is -2.38. The molecule has 3 aromatic heterocycles. The lowest BCUT2D eigenvalue weighted by Gasteiger charge is -2.29. The minimum Gasteiger partial charge on any atom is -0.485 e. The number of nitrogens with one attached hydrogen (secondary N) is 1. The molecule has 0 aliphatic carbocycles. The van der Waals surface area contributed by atoms with Crippen LogP contribution in [-0.4, -0.2) is 72.2 Å². The predicted molar refractivity (Wildman–Crippen MR) is 151 cm³/mol. The average Bonchev–Trinajstić information content (AvgIpc) is 2.95. The van der Waals surface area contributed by atoms with Gasteiger partial charge in [0.25, 0.3) is 15.6 Å². The minimum atomic E-state index is -4.23. The molecular weight excluding hydrogens is 577 g/mol. The average molecular weight is 604 g/mol. The molecule has 0 amide bonds. The highest BCUT2D eigenvalue weighted by molar-refractivity contribution is 7.92. The number of piperidine rings is 1. The molecule has 0 atom stereocenters. The van der Waals surface area contributed by atoms with Crippen LogP contribution < -0.4 is 19.8 Å². The zero-order chi connectivity index (χ0) is 29.1. The SMILES string of the molecule is COc1ncc(-c2ccc3ncc(OCCN4CCC(O)CC4)c(=O)n3c2)cc1NS(=O)(=O)c1ccc(F)cc1Cl. The number of rotatable bonds is 9. The quantitative estimate of drug-likeness (QED) is 0.296. The van der Waals surface area contributed by atoms with Crippen molar-refractivity contribution in [2.24, 2.45) is 0 Å². The van der Waals surface area contributed by atoms with Gasteiger partial charge in [0.15, 0.2) is 0 Å². The van der Waals surface area contributed by atoms with Gasteiger partial charge < -0.3 is 14.6 Å². The number of sulfonamides is 1. The Kier molecular flexibility index (Phi) is 8.40. The van der Waals surface area contributed by atoms with Crippen LogP contribution in [0.2, 0.25) is 5.02 Å². The molecule has 2 N–H and O–H groups in total. The summed E-state index contributed by atoms with van der Waals surface area (Å²) >= 11 is 5.97. The second kappa shape index (κ2) is 12.0. The van der Waals surface area contributed by atoms with E-state index in [1.54, 1.807) is 18.3 Å². The topological polar surface area (TPSA) is 135 Å². The van der Waals surface area contributed by atoms with E-state index in [1.807, 2.05) is 0 Å². The molecule has 14 heteroatoms. The number of hydrogen-bond donors (Lipinski definition) is 2. The minimum absolute atomic E-state index is 0.00548. The molecule has 1 saturated heterocycles. The molecule has 0 spiro atoms. The third kappa shape index (κ3) is 6.43. The number of halogens is 2. The summed E-state index contributed by atoms with van der Waals surface area (Å²) in [7, 11) is -2.89. The third-order valence-corrected chi connectivity index (χ3v) is 8.55. The van der Waals surface area contributed by atoms with Crippen molar-refractivity contribution in [3.63, 3.8) is 0 Å². The van der Waals surface area contributed by atoms with Crippen LogP contribution in [0.3, 0.4) is 0 Å². The van der Waals surface area contributed by atoms with Crippen LogP contribution in [-0.2, 0) is 10.0 Å². The van der Waals surface area contributed by atoms with Gasteiger partial charge in [-0.15, -0.1) is 0 Å². The zero-order valence-electron chi connectivity index (χ0n) is 22.0. The first-order valence-corrected chi connectivity index (χ1v) is 14.6. The number of fused-ring (bicyclic) bond motifs is 1. The van der Waals surface area contributed by atoms with Crippen LogP contribution in [0.5, 0.6) is 11.6 Å². The number of aliphatic hydroxyl groups excluding tert-OH is 1. The maximum atomic E-state index is 13.5. The Morgan fingerprint density at radius 3 is 2.63 bits per heavy atom. The van der Waals surface area contributed by atoms with Crippen LogP contribution in [0.4, 0.5) is 10.1 Å². The fraction of sp³-hybridized carbons (Fsp3) is 0.296. The fourth-order valence-electron chi connectivity index (χ4n) is 4.50. The van der Waals surface area contributed by atoms with Crippen molar-refractivity contribution in [1.82, 2.24) is 19.3 Å². The van der Waals surface area contributed by atoms with E-state index in [9.17, 15) is 22.7 Å². The van der Waals surface area contributed by atoms with E-state index in [-0.39, 0.29) is 33.3 Å². The highest BCUT2D eigenvalue weighted by Crippen LogP contribution is 2.31. The molecule has 0 radical (unpaired) electrons. The van der Waals surface area contributed by atoms with Crippen molar-refractivity contribution < 1.29 is 27.4 Å². The number of nitrogens with zero attached hydrogens (tertiary/aromatic N) is 4. The van der Waals surface area contributed by atoms with Gasteiger partial charge in [-0.2, -0.15) is 0 Å². The summed E-state index contributed by atoms with van der Waals surface area (Å²) in [6, 6.07) is 7.81. The summed E-state index contributed by atoms with van der Waals surface area (Å²) in [4.78, 5) is 23.6. The maximum absolute atomic E-state index is 13.5. The smallest absolute Gasteiger partial charge is 0.300 e. The number of benzene rings is 1. The number of aromatic nitrogens is 3. The van der Waals surface area contributed by atoms with E-state index in [1.165, 1.54) is 30.0 Å². The molecular formula is C27H27ClFN5O6S. The molecule has 1 aromatic carbocycles. The summed E-state index contributed by atoms with van der Waals surface area (Å²) in [5.74, 6) is -0.587. The number of aliphatic hydroxyl groups is 1. The van der Waals surface area contributed by atoms with Crippen LogP contribution >= 0.6 is 11.6 Å². The molecule has 1 aliphatic rings. The Balaban J connectivity index is 1.40. The maximum Gasteiger partial charge on any atom is 0.300 e. The second-order valence-electron chi connectivity index (χ2n) is 9.46. The van der Waals surface area contributed by atoms with Crippen molar-refractivity contribution in [1.29, 1.82) is 0 Å². The summed E-state index contributed by atoms with van der Waals surface area (Å²) in [6.45, 7) is 2.46. The van der Waals surface area contributed by atoms with Crippen LogP contribution in [0.1, 0.15) is 12.8 Å². The van der Waals surface area contributed by atoms with Gasteiger partial charge in [-0.25, -0.2) is 22.8 Å². The van der Waals surface area contributed by atoms with Crippen LogP contribution in [0.25, 0.3) is 16.8 Å². The molecule has 216 valence electrons. The van der Waals surface area contributed by atoms with E-state index < -0.39 is 21.4 Å². The zero-order valence-corrected chi connectivity index (χ0v) is 23.5. The molecule has 11 nitrogen and oxygen atoms in total. The Bertz CT molecular complexity index is 1740. The summed E-state index contributed by atoms with van der Waals surface area (Å²) in [5, 5.41) is 9.38. The van der Waals surface area contributed by atoms with Gasteiger partial charge >= 0.3 is 0 Å². The molecule has 41 heavy (non-hydrogen) atoms. The Morgan fingerprint density at radius 2 is 1.90 bits per heavy atom. The molecule has 0 bridgehead atoms. The molecule has 0 unspecified atom stereocenters. The van der Waals surface area contributed by atoms with E-state index in [4.69, 9.17) is 21.1 Å². The first-order valence-electron chi connectivity index (χ1n) is 12.7. The predicted octanol–water partition coefficient (Wildman–Crippen LogP) is 3.19. The monoisotopic (exact) mass is 603 g/mol. The number of methoxy groups -OCH3 is 1. The van der Waals surface area contributed by atoms with Gasteiger partial charge in [0.1, 0.15) is 28.7 Å². The number of likely N-dealkylation sites (tertiary alicyclic amines) is 1. The molecule has 4 heterocycles. The number of anilines is 1. The highest BCUT2D eigenvalue weighted by Gasteiger charge is 2.22. The van der Waals surface area contributed by atoms with Crippen LogP contribution in [0, 0.1) is 5.82 Å². The van der Waals surface area contributed by atoms with Gasteiger partial charge in [-0.3, -0.25) is 18.8 Å². The van der Waals surface area contributed by atoms with E-state index >= 15 is 0 Å². The van der Waals surface area contributed by atoms with Crippen molar-refractivity contribution in [3.05, 3.63) is 76.2 Å². The van der Waals surface area contributed by atoms with Crippen molar-refractivity contribution in [3.8, 4) is 22.8 Å². The Morgan fingerprint density at radius 1 is 1.12 bits per heavy atom. The van der Waals surface area contributed by atoms with Crippen molar-refractivity contribution in [2.75, 3.05) is 38.1 Å². The normalized spacial score (nSPS) is 14.7. The molecule has 4 aromatic rings. The van der Waals surface area contributed by atoms with E-state index in [0.29, 0.717) is 42.8 Å². The molecule has 1 aliphatic heterocycles. The molecule has 0 saturated carbocycles. The van der Waals surface area contributed by atoms with Crippen LogP contribution in [0.15, 0.2) is 64.7 Å². The van der Waals surface area contributed by atoms with Gasteiger partial charge in [0.2, 0.25) is 11.6 Å². The van der Waals surface area contributed by atoms with Crippen molar-refractivity contribution in [2.45, 2.75) is 23.8 Å². The lowest BCUT2D eigenvalue weighted by atomic mass is 10.1. The van der Waals surface area contributed by atoms with E-state index in [0.717, 1.165) is 31.3 Å². The van der Waals surface area contributed by atoms with E-state index in [2.05, 4.69) is 19.6 Å². The van der Waals surface area contributed by atoms with Gasteiger partial charge in [-0.1, -0.05) is 11.6 Å². The first kappa shape index (κ1) is 28.7. The van der Waals surface area contributed by atoms with Crippen molar-refractivity contribution >= 4 is 33.0 Å². The third-order valence-electron chi connectivity index (χ3n) is 6.70. The standard InChI is InChI=1S/C27H27ClFN5O6S/c1-39-26-22(32-41(37,38)24-4-3-19(29)13-21(24)28)12-18(14-31-26)17-2-5-25-30-15-23(27(36)34(25)16-17)40-11-10-33-8-6-20(35)7-9-33/h2-5,12-16,20,32,35H,6-11H2,1H3. The Hall–Kier alpha value is -3.78. The fourth-order valence-corrected chi connectivity index (χ4v) is 6.08. The number of hydrogen-bond acceptors (Lipinski definition) is 9. The highest BCUT2D eigenvalue weighted by atomic mass is 35.5. The lowest BCUT2D eigenvalue weighted by molar-refractivity contribution is 0.0753. The number of ether oxygens (including phenoxy) is 2. The molecule has 5 rings (SSSR count). The van der Waals surface area contributed by atoms with Gasteiger partial charge in [-0.05, 0) is 49.2 Å². The summed E-state index contributed by atoms with van der Waals surface area (Å²) in [5.41, 5.74) is 1.02. The van der Waals surface area contributed by atoms with Gasteiger partial charge in [0, 0.05) is 43.2 Å². The Labute approximate surface area is 240 Å². The number of pyridine rings is 2. The summed E-state index contributed by atoms with van der Waals surface area (Å²) in [6.07, 6.45) is 5.58. The van der Waals surface area contributed by atoms with Gasteiger partial charge in [0.05, 0.1) is 24.4 Å². The largest absolute Gasteiger partial charge is 0.485 e. The second-order valence-corrected chi connectivity index (χ2v) is 11.5. The molecule has 1 fully saturated rings.